The number of hydrogen-bond acceptors (Lipinski definition) is 2. The van der Waals surface area contributed by atoms with Crippen LogP contribution < -0.4 is 5.32 Å². The number of nitrogens with zero attached hydrogens (tertiary/aromatic N) is 1. The van der Waals surface area contributed by atoms with E-state index in [0.29, 0.717) is 13.0 Å². The Labute approximate surface area is 113 Å². The average Bonchev–Trinajstić information content (AvgIpc) is 2.76. The fourth-order valence-corrected chi connectivity index (χ4v) is 2.40. The summed E-state index contributed by atoms with van der Waals surface area (Å²) in [4.78, 5) is 24.6. The first-order valence-electron chi connectivity index (χ1n) is 6.71. The molecule has 1 aromatic rings. The fourth-order valence-electron chi connectivity index (χ4n) is 2.40. The summed E-state index contributed by atoms with van der Waals surface area (Å²) in [5.74, 6) is 0.425. The molecule has 0 saturated carbocycles. The van der Waals surface area contributed by atoms with Gasteiger partial charge in [-0.05, 0) is 12.0 Å². The maximum atomic E-state index is 11.9. The van der Waals surface area contributed by atoms with E-state index in [1.807, 2.05) is 23.1 Å². The first kappa shape index (κ1) is 13.6. The molecular weight excluding hydrogens is 240 g/mol. The Morgan fingerprint density at radius 3 is 2.79 bits per heavy atom. The summed E-state index contributed by atoms with van der Waals surface area (Å²) in [5.41, 5.74) is 1.25. The molecule has 1 N–H and O–H groups in total. The van der Waals surface area contributed by atoms with Gasteiger partial charge >= 0.3 is 0 Å². The van der Waals surface area contributed by atoms with Gasteiger partial charge in [-0.25, -0.2) is 0 Å². The zero-order chi connectivity index (χ0) is 13.7. The lowest BCUT2D eigenvalue weighted by molar-refractivity contribution is -0.127. The Morgan fingerprint density at radius 2 is 2.11 bits per heavy atom. The molecule has 1 unspecified atom stereocenters. The topological polar surface area (TPSA) is 49.4 Å². The molecule has 1 saturated heterocycles. The van der Waals surface area contributed by atoms with Crippen LogP contribution in [0.5, 0.6) is 0 Å². The smallest absolute Gasteiger partial charge is 0.223 e. The SMILES string of the molecule is CC(=O)NCC1CC(=O)N(CCc2ccccc2)C1. The summed E-state index contributed by atoms with van der Waals surface area (Å²) < 4.78 is 0. The van der Waals surface area contributed by atoms with E-state index in [9.17, 15) is 9.59 Å². The number of benzene rings is 1. The molecule has 1 fully saturated rings. The molecule has 4 nitrogen and oxygen atoms in total. The minimum atomic E-state index is -0.0322. The lowest BCUT2D eigenvalue weighted by atomic mass is 10.1. The number of nitrogens with one attached hydrogen (secondary N) is 1. The van der Waals surface area contributed by atoms with Gasteiger partial charge in [0, 0.05) is 38.9 Å². The largest absolute Gasteiger partial charge is 0.356 e. The van der Waals surface area contributed by atoms with Gasteiger partial charge < -0.3 is 10.2 Å². The van der Waals surface area contributed by atoms with Crippen LogP contribution in [0.2, 0.25) is 0 Å². The van der Waals surface area contributed by atoms with Crippen molar-refractivity contribution in [1.29, 1.82) is 0 Å². The lowest BCUT2D eigenvalue weighted by Gasteiger charge is -2.16. The van der Waals surface area contributed by atoms with Crippen molar-refractivity contribution in [3.8, 4) is 0 Å². The maximum absolute atomic E-state index is 11.9. The predicted molar refractivity (Wildman–Crippen MR) is 73.5 cm³/mol. The van der Waals surface area contributed by atoms with Crippen molar-refractivity contribution in [2.24, 2.45) is 5.92 Å². The van der Waals surface area contributed by atoms with Crippen LogP contribution in [-0.4, -0.2) is 36.3 Å². The normalized spacial score (nSPS) is 18.7. The van der Waals surface area contributed by atoms with E-state index in [-0.39, 0.29) is 17.7 Å². The van der Waals surface area contributed by atoms with Crippen molar-refractivity contribution >= 4 is 11.8 Å². The molecule has 2 rings (SSSR count). The Bertz CT molecular complexity index is 445. The number of hydrogen-bond donors (Lipinski definition) is 1. The molecule has 0 aliphatic carbocycles. The molecule has 1 aliphatic rings. The number of likely N-dealkylation sites (tertiary alicyclic amines) is 1. The lowest BCUT2D eigenvalue weighted by Crippen LogP contribution is -2.30. The standard InChI is InChI=1S/C15H20N2O2/c1-12(18)16-10-14-9-15(19)17(11-14)8-7-13-5-3-2-4-6-13/h2-6,14H,7-11H2,1H3,(H,16,18). The molecule has 1 aliphatic heterocycles. The summed E-state index contributed by atoms with van der Waals surface area (Å²) in [7, 11) is 0. The summed E-state index contributed by atoms with van der Waals surface area (Å²) >= 11 is 0. The van der Waals surface area contributed by atoms with Crippen LogP contribution in [0.15, 0.2) is 30.3 Å². The summed E-state index contributed by atoms with van der Waals surface area (Å²) in [6.07, 6.45) is 1.44. The fraction of sp³-hybridized carbons (Fsp3) is 0.467. The van der Waals surface area contributed by atoms with E-state index in [0.717, 1.165) is 19.5 Å². The van der Waals surface area contributed by atoms with Crippen molar-refractivity contribution in [2.75, 3.05) is 19.6 Å². The van der Waals surface area contributed by atoms with E-state index in [1.165, 1.54) is 12.5 Å². The molecule has 0 bridgehead atoms. The second-order valence-corrected chi connectivity index (χ2v) is 5.08. The molecular formula is C15H20N2O2. The van der Waals surface area contributed by atoms with Gasteiger partial charge in [-0.15, -0.1) is 0 Å². The Kier molecular flexibility index (Phi) is 4.55. The van der Waals surface area contributed by atoms with E-state index < -0.39 is 0 Å². The van der Waals surface area contributed by atoms with Gasteiger partial charge in [0.2, 0.25) is 11.8 Å². The molecule has 2 amide bonds. The van der Waals surface area contributed by atoms with Crippen molar-refractivity contribution < 1.29 is 9.59 Å². The highest BCUT2D eigenvalue weighted by atomic mass is 16.2. The van der Waals surface area contributed by atoms with E-state index in [4.69, 9.17) is 0 Å². The molecule has 0 radical (unpaired) electrons. The second kappa shape index (κ2) is 6.36. The van der Waals surface area contributed by atoms with Gasteiger partial charge in [0.15, 0.2) is 0 Å². The highest BCUT2D eigenvalue weighted by Crippen LogP contribution is 2.17. The Morgan fingerprint density at radius 1 is 1.37 bits per heavy atom. The monoisotopic (exact) mass is 260 g/mol. The van der Waals surface area contributed by atoms with Gasteiger partial charge in [0.05, 0.1) is 0 Å². The second-order valence-electron chi connectivity index (χ2n) is 5.08. The molecule has 4 heteroatoms. The van der Waals surface area contributed by atoms with E-state index >= 15 is 0 Å². The minimum absolute atomic E-state index is 0.0322. The molecule has 0 aromatic heterocycles. The average molecular weight is 260 g/mol. The molecule has 19 heavy (non-hydrogen) atoms. The van der Waals surface area contributed by atoms with Crippen molar-refractivity contribution in [1.82, 2.24) is 10.2 Å². The van der Waals surface area contributed by atoms with Crippen LogP contribution in [0.4, 0.5) is 0 Å². The number of carbonyl (C=O) groups excluding carboxylic acids is 2. The number of rotatable bonds is 5. The third-order valence-electron chi connectivity index (χ3n) is 3.45. The molecule has 1 atom stereocenters. The molecule has 102 valence electrons. The van der Waals surface area contributed by atoms with Crippen LogP contribution >= 0.6 is 0 Å². The minimum Gasteiger partial charge on any atom is -0.356 e. The first-order valence-corrected chi connectivity index (χ1v) is 6.71. The Hall–Kier alpha value is -1.84. The molecule has 1 aromatic carbocycles. The van der Waals surface area contributed by atoms with Crippen molar-refractivity contribution in [2.45, 2.75) is 19.8 Å². The highest BCUT2D eigenvalue weighted by molar-refractivity contribution is 5.79. The van der Waals surface area contributed by atoms with Gasteiger partial charge in [-0.2, -0.15) is 0 Å². The van der Waals surface area contributed by atoms with E-state index in [2.05, 4.69) is 17.4 Å². The number of carbonyl (C=O) groups is 2. The quantitative estimate of drug-likeness (QED) is 0.865. The van der Waals surface area contributed by atoms with Crippen LogP contribution in [0.3, 0.4) is 0 Å². The Balaban J connectivity index is 1.78. The third-order valence-corrected chi connectivity index (χ3v) is 3.45. The van der Waals surface area contributed by atoms with Crippen LogP contribution in [0, 0.1) is 5.92 Å². The van der Waals surface area contributed by atoms with Crippen LogP contribution in [0.25, 0.3) is 0 Å². The zero-order valence-corrected chi connectivity index (χ0v) is 11.3. The van der Waals surface area contributed by atoms with Crippen LogP contribution in [0.1, 0.15) is 18.9 Å². The molecule has 1 heterocycles. The number of amides is 2. The third kappa shape index (κ3) is 4.09. The summed E-state index contributed by atoms with van der Waals surface area (Å²) in [6, 6.07) is 10.2. The van der Waals surface area contributed by atoms with E-state index in [1.54, 1.807) is 0 Å². The summed E-state index contributed by atoms with van der Waals surface area (Å²) in [5, 5.41) is 2.78. The summed E-state index contributed by atoms with van der Waals surface area (Å²) in [6.45, 7) is 3.62. The van der Waals surface area contributed by atoms with Gasteiger partial charge in [-0.1, -0.05) is 30.3 Å². The van der Waals surface area contributed by atoms with Gasteiger partial charge in [0.1, 0.15) is 0 Å². The van der Waals surface area contributed by atoms with Crippen LogP contribution in [-0.2, 0) is 16.0 Å². The maximum Gasteiger partial charge on any atom is 0.223 e. The van der Waals surface area contributed by atoms with Crippen molar-refractivity contribution in [3.63, 3.8) is 0 Å². The highest BCUT2D eigenvalue weighted by Gasteiger charge is 2.28. The van der Waals surface area contributed by atoms with Gasteiger partial charge in [0.25, 0.3) is 0 Å². The first-order chi connectivity index (χ1) is 9.15. The predicted octanol–water partition coefficient (Wildman–Crippen LogP) is 1.21. The van der Waals surface area contributed by atoms with Gasteiger partial charge in [-0.3, -0.25) is 9.59 Å². The van der Waals surface area contributed by atoms with Crippen molar-refractivity contribution in [3.05, 3.63) is 35.9 Å². The zero-order valence-electron chi connectivity index (χ0n) is 11.3. The molecule has 0 spiro atoms.